The second-order valence-corrected chi connectivity index (χ2v) is 14.8. The van der Waals surface area contributed by atoms with E-state index in [9.17, 15) is 0 Å². The zero-order valence-electron chi connectivity index (χ0n) is 26.0. The molecule has 0 aliphatic carbocycles. The number of para-hydroxylation sites is 3. The fourth-order valence-corrected chi connectivity index (χ4v) is 7.75. The van der Waals surface area contributed by atoms with Crippen molar-refractivity contribution in [2.45, 2.75) is 59.3 Å². The van der Waals surface area contributed by atoms with Crippen LogP contribution < -0.4 is 20.6 Å². The van der Waals surface area contributed by atoms with Crippen molar-refractivity contribution in [3.63, 3.8) is 0 Å². The van der Waals surface area contributed by atoms with Crippen LogP contribution in [0, 0.1) is 6.92 Å². The monoisotopic (exact) mass is 558 g/mol. The van der Waals surface area contributed by atoms with Gasteiger partial charge in [-0.15, -0.1) is 0 Å². The van der Waals surface area contributed by atoms with Gasteiger partial charge in [-0.05, 0) is 99.5 Å². The van der Waals surface area contributed by atoms with Crippen LogP contribution in [0.5, 0.6) is 11.5 Å². The van der Waals surface area contributed by atoms with E-state index in [2.05, 4.69) is 143 Å². The summed E-state index contributed by atoms with van der Waals surface area (Å²) in [6, 6.07) is 32.0. The molecule has 43 heavy (non-hydrogen) atoms. The lowest BCUT2D eigenvalue weighted by Crippen LogP contribution is -2.57. The van der Waals surface area contributed by atoms with Crippen LogP contribution in [0.1, 0.15) is 58.2 Å². The molecule has 0 atom stereocenters. The fraction of sp³-hybridized carbons (Fsp3) is 0.231. The van der Waals surface area contributed by atoms with Crippen molar-refractivity contribution in [1.82, 2.24) is 4.48 Å². The Morgan fingerprint density at radius 2 is 1.40 bits per heavy atom. The summed E-state index contributed by atoms with van der Waals surface area (Å²) in [6.45, 7) is 16.2. The van der Waals surface area contributed by atoms with Gasteiger partial charge in [0.05, 0.1) is 11.4 Å². The molecule has 5 aromatic carbocycles. The molecule has 0 N–H and O–H groups in total. The Bertz CT molecular complexity index is 2210. The molecule has 3 aliphatic rings. The molecule has 210 valence electrons. The second kappa shape index (κ2) is 7.93. The van der Waals surface area contributed by atoms with Gasteiger partial charge in [-0.3, -0.25) is 0 Å². The highest BCUT2D eigenvalue weighted by atomic mass is 16.5. The van der Waals surface area contributed by atoms with E-state index in [4.69, 9.17) is 4.74 Å². The largest absolute Gasteiger partial charge is 0.453 e. The average molecular weight is 559 g/mol. The minimum Gasteiger partial charge on any atom is -0.453 e. The predicted octanol–water partition coefficient (Wildman–Crippen LogP) is 9.22. The van der Waals surface area contributed by atoms with Gasteiger partial charge in [0.25, 0.3) is 0 Å². The Morgan fingerprint density at radius 1 is 0.651 bits per heavy atom. The molecule has 0 fully saturated rings. The standard InChI is InChI=1S/C39H35BN2O/c1-22-17-26-28-21-24(39(5,6)7)20-27-25-19-23(38(2,3)4)15-16-30(25)42(36(27)28)40-29-11-10-14-34-37(29)41(32(18-22)35(26)40)31-12-8-9-13-33(31)43-34/h8-21H,1-7H3. The normalized spacial score (nSPS) is 14.5. The van der Waals surface area contributed by atoms with Crippen LogP contribution in [0.15, 0.2) is 84.9 Å². The van der Waals surface area contributed by atoms with Crippen LogP contribution >= 0.6 is 0 Å². The molecular weight excluding hydrogens is 523 g/mol. The van der Waals surface area contributed by atoms with Crippen molar-refractivity contribution in [2.24, 2.45) is 0 Å². The number of nitrogens with zero attached hydrogens (tertiary/aromatic N) is 2. The first-order valence-corrected chi connectivity index (χ1v) is 15.5. The molecule has 0 spiro atoms. The number of ether oxygens (including phenoxy) is 1. The van der Waals surface area contributed by atoms with E-state index in [1.165, 1.54) is 66.2 Å². The fourth-order valence-electron chi connectivity index (χ4n) is 7.75. The van der Waals surface area contributed by atoms with Gasteiger partial charge in [-0.25, -0.2) is 0 Å². The Hall–Kier alpha value is -4.44. The van der Waals surface area contributed by atoms with Crippen LogP contribution in [0.4, 0.5) is 17.1 Å². The smallest absolute Gasteiger partial charge is 0.333 e. The van der Waals surface area contributed by atoms with Crippen LogP contribution in [-0.4, -0.2) is 11.3 Å². The first-order valence-electron chi connectivity index (χ1n) is 15.5. The number of anilines is 3. The van der Waals surface area contributed by atoms with Crippen molar-refractivity contribution < 1.29 is 4.74 Å². The molecule has 0 saturated heterocycles. The lowest BCUT2D eigenvalue weighted by atomic mass is 9.45. The first-order chi connectivity index (χ1) is 20.5. The van der Waals surface area contributed by atoms with Crippen molar-refractivity contribution >= 4 is 56.6 Å². The summed E-state index contributed by atoms with van der Waals surface area (Å²) in [7, 11) is 0. The van der Waals surface area contributed by atoms with Gasteiger partial charge in [0, 0.05) is 33.1 Å². The average Bonchev–Trinajstić information content (AvgIpc) is 3.29. The third-order valence-corrected chi connectivity index (χ3v) is 9.87. The highest BCUT2D eigenvalue weighted by Gasteiger charge is 2.45. The topological polar surface area (TPSA) is 17.4 Å². The number of rotatable bonds is 0. The molecule has 4 heterocycles. The third-order valence-electron chi connectivity index (χ3n) is 9.87. The minimum atomic E-state index is 0.0200. The quantitative estimate of drug-likeness (QED) is 0.173. The van der Waals surface area contributed by atoms with E-state index in [1.807, 2.05) is 0 Å². The molecule has 0 saturated carbocycles. The number of aryl methyl sites for hydroxylation is 1. The summed E-state index contributed by atoms with van der Waals surface area (Å²) >= 11 is 0. The van der Waals surface area contributed by atoms with E-state index in [-0.39, 0.29) is 17.7 Å². The lowest BCUT2D eigenvalue weighted by molar-refractivity contribution is 0.477. The van der Waals surface area contributed by atoms with Gasteiger partial charge < -0.3 is 14.1 Å². The highest BCUT2D eigenvalue weighted by Crippen LogP contribution is 2.53. The molecule has 1 aromatic heterocycles. The van der Waals surface area contributed by atoms with Crippen LogP contribution in [0.2, 0.25) is 0 Å². The summed E-state index contributed by atoms with van der Waals surface area (Å²) in [5.74, 6) is 1.82. The molecule has 0 amide bonds. The molecule has 0 bridgehead atoms. The maximum absolute atomic E-state index is 6.58. The minimum absolute atomic E-state index is 0.0200. The molecule has 0 unspecified atom stereocenters. The van der Waals surface area contributed by atoms with E-state index in [0.717, 1.165) is 22.9 Å². The van der Waals surface area contributed by atoms with Crippen LogP contribution in [-0.2, 0) is 10.8 Å². The molecule has 0 radical (unpaired) electrons. The number of hydrogen-bond donors (Lipinski definition) is 0. The number of aromatic nitrogens is 1. The molecule has 3 aliphatic heterocycles. The summed E-state index contributed by atoms with van der Waals surface area (Å²) in [4.78, 5) is 2.46. The summed E-state index contributed by atoms with van der Waals surface area (Å²) < 4.78 is 9.22. The molecule has 9 rings (SSSR count). The summed E-state index contributed by atoms with van der Waals surface area (Å²) in [6.07, 6.45) is 0. The van der Waals surface area contributed by atoms with Crippen LogP contribution in [0.25, 0.3) is 32.9 Å². The lowest BCUT2D eigenvalue weighted by Gasteiger charge is -2.43. The second-order valence-electron chi connectivity index (χ2n) is 14.8. The van der Waals surface area contributed by atoms with E-state index < -0.39 is 0 Å². The van der Waals surface area contributed by atoms with Gasteiger partial charge in [-0.1, -0.05) is 77.9 Å². The SMILES string of the molecule is Cc1cc2c3c(c1)N1c4ccccc4Oc4cccc(c41)B3n1c3ccc(C(C)(C)C)cc3c3cc(C(C)(C)C)cc-2c31. The van der Waals surface area contributed by atoms with Gasteiger partial charge >= 0.3 is 6.85 Å². The third kappa shape index (κ3) is 3.22. The van der Waals surface area contributed by atoms with Gasteiger partial charge in [0.2, 0.25) is 0 Å². The Balaban J connectivity index is 1.49. The predicted molar refractivity (Wildman–Crippen MR) is 182 cm³/mol. The Morgan fingerprint density at radius 3 is 2.19 bits per heavy atom. The molecule has 4 heteroatoms. The van der Waals surface area contributed by atoms with Crippen molar-refractivity contribution in [1.29, 1.82) is 0 Å². The van der Waals surface area contributed by atoms with Crippen molar-refractivity contribution in [3.05, 3.63) is 102 Å². The Kier molecular flexibility index (Phi) is 4.63. The van der Waals surface area contributed by atoms with Gasteiger partial charge in [-0.2, -0.15) is 0 Å². The molecule has 6 aromatic rings. The zero-order valence-corrected chi connectivity index (χ0v) is 26.0. The first kappa shape index (κ1) is 25.1. The number of fused-ring (bicyclic) bond motifs is 9. The molecular formula is C39H35BN2O. The van der Waals surface area contributed by atoms with Gasteiger partial charge in [0.1, 0.15) is 0 Å². The van der Waals surface area contributed by atoms with E-state index in [0.29, 0.717) is 0 Å². The molecule has 3 nitrogen and oxygen atoms in total. The maximum Gasteiger partial charge on any atom is 0.333 e. The van der Waals surface area contributed by atoms with Crippen LogP contribution in [0.3, 0.4) is 0 Å². The Labute approximate surface area is 253 Å². The number of benzene rings is 5. The summed E-state index contributed by atoms with van der Waals surface area (Å²) in [5, 5.41) is 2.70. The maximum atomic E-state index is 6.58. The van der Waals surface area contributed by atoms with E-state index >= 15 is 0 Å². The summed E-state index contributed by atoms with van der Waals surface area (Å²) in [5.41, 5.74) is 15.6. The number of hydrogen-bond acceptors (Lipinski definition) is 2. The van der Waals surface area contributed by atoms with E-state index in [1.54, 1.807) is 0 Å². The van der Waals surface area contributed by atoms with Gasteiger partial charge in [0.15, 0.2) is 11.5 Å². The van der Waals surface area contributed by atoms with Crippen molar-refractivity contribution in [3.8, 4) is 22.6 Å². The van der Waals surface area contributed by atoms with Crippen molar-refractivity contribution in [2.75, 3.05) is 4.90 Å². The zero-order chi connectivity index (χ0) is 29.6. The highest BCUT2D eigenvalue weighted by molar-refractivity contribution is 6.90.